The maximum absolute atomic E-state index is 12.5. The van der Waals surface area contributed by atoms with Crippen molar-refractivity contribution in [3.05, 3.63) is 59.9 Å². The minimum absolute atomic E-state index is 0.0838. The van der Waals surface area contributed by atoms with Crippen LogP contribution in [0.2, 0.25) is 0 Å². The number of hydrogen-bond acceptors (Lipinski definition) is 5. The van der Waals surface area contributed by atoms with Crippen molar-refractivity contribution in [3.63, 3.8) is 0 Å². The number of likely N-dealkylation sites (tertiary alicyclic amines) is 1. The zero-order valence-electron chi connectivity index (χ0n) is 13.3. The first-order chi connectivity index (χ1) is 11.6. The van der Waals surface area contributed by atoms with Crippen molar-refractivity contribution in [1.82, 2.24) is 9.88 Å². The van der Waals surface area contributed by atoms with Gasteiger partial charge < -0.3 is 0 Å². The number of hydrogen-bond donors (Lipinski definition) is 0. The van der Waals surface area contributed by atoms with Crippen LogP contribution in [0, 0.1) is 11.3 Å². The zero-order valence-corrected chi connectivity index (χ0v) is 14.1. The molecule has 0 N–H and O–H groups in total. The predicted octanol–water partition coefficient (Wildman–Crippen LogP) is 2.56. The summed E-state index contributed by atoms with van der Waals surface area (Å²) in [6.07, 6.45) is 5.67. The van der Waals surface area contributed by atoms with Crippen LogP contribution in [0.4, 0.5) is 0 Å². The molecule has 2 heterocycles. The Hall–Kier alpha value is -2.23. The van der Waals surface area contributed by atoms with Crippen LogP contribution in [0.1, 0.15) is 30.0 Å². The van der Waals surface area contributed by atoms with Crippen molar-refractivity contribution in [2.24, 2.45) is 0 Å². The summed E-state index contributed by atoms with van der Waals surface area (Å²) >= 11 is 0. The second kappa shape index (κ2) is 7.12. The van der Waals surface area contributed by atoms with Crippen LogP contribution >= 0.6 is 0 Å². The summed E-state index contributed by atoms with van der Waals surface area (Å²) in [5.74, 6) is 0.0838. The molecule has 0 unspecified atom stereocenters. The van der Waals surface area contributed by atoms with Gasteiger partial charge in [-0.15, -0.1) is 0 Å². The van der Waals surface area contributed by atoms with Gasteiger partial charge in [-0.05, 0) is 61.3 Å². The summed E-state index contributed by atoms with van der Waals surface area (Å²) in [5, 5.41) is 8.81. The fourth-order valence-corrected chi connectivity index (χ4v) is 4.41. The van der Waals surface area contributed by atoms with Gasteiger partial charge in [-0.2, -0.15) is 5.26 Å². The quantitative estimate of drug-likeness (QED) is 0.835. The van der Waals surface area contributed by atoms with Gasteiger partial charge in [-0.25, -0.2) is 8.42 Å². The maximum Gasteiger partial charge on any atom is 0.179 e. The molecule has 6 heteroatoms. The van der Waals surface area contributed by atoms with Crippen LogP contribution in [-0.4, -0.2) is 37.1 Å². The van der Waals surface area contributed by atoms with Crippen LogP contribution < -0.4 is 0 Å². The van der Waals surface area contributed by atoms with E-state index in [2.05, 4.69) is 9.88 Å². The van der Waals surface area contributed by atoms with Crippen molar-refractivity contribution in [1.29, 1.82) is 5.26 Å². The number of nitriles is 1. The average molecular weight is 341 g/mol. The van der Waals surface area contributed by atoms with E-state index in [0.29, 0.717) is 12.1 Å². The Bertz CT molecular complexity index is 827. The molecule has 0 saturated carbocycles. The average Bonchev–Trinajstić information content (AvgIpc) is 3.09. The van der Waals surface area contributed by atoms with E-state index in [1.54, 1.807) is 24.5 Å². The molecule has 0 spiro atoms. The maximum atomic E-state index is 12.5. The van der Waals surface area contributed by atoms with Crippen LogP contribution in [0.3, 0.4) is 0 Å². The van der Waals surface area contributed by atoms with Gasteiger partial charge in [0, 0.05) is 25.0 Å². The molecule has 5 nitrogen and oxygen atoms in total. The van der Waals surface area contributed by atoms with Crippen LogP contribution in [0.15, 0.2) is 53.7 Å². The molecule has 124 valence electrons. The Labute approximate surface area is 142 Å². The molecule has 1 fully saturated rings. The molecule has 2 aromatic rings. The third kappa shape index (κ3) is 3.64. The lowest BCUT2D eigenvalue weighted by molar-refractivity contribution is 0.272. The number of nitrogens with zero attached hydrogens (tertiary/aromatic N) is 3. The third-order valence-corrected chi connectivity index (χ3v) is 6.15. The van der Waals surface area contributed by atoms with Crippen molar-refractivity contribution < 1.29 is 8.42 Å². The molecule has 0 bridgehead atoms. The van der Waals surface area contributed by atoms with Crippen molar-refractivity contribution in [2.45, 2.75) is 23.8 Å². The molecule has 0 radical (unpaired) electrons. The predicted molar refractivity (Wildman–Crippen MR) is 91.0 cm³/mol. The molecular weight excluding hydrogens is 322 g/mol. The lowest BCUT2D eigenvalue weighted by Crippen LogP contribution is -2.29. The summed E-state index contributed by atoms with van der Waals surface area (Å²) in [4.78, 5) is 6.56. The highest BCUT2D eigenvalue weighted by molar-refractivity contribution is 7.91. The summed E-state index contributed by atoms with van der Waals surface area (Å²) < 4.78 is 25.0. The van der Waals surface area contributed by atoms with Gasteiger partial charge >= 0.3 is 0 Å². The van der Waals surface area contributed by atoms with Gasteiger partial charge in [0.1, 0.15) is 0 Å². The Morgan fingerprint density at radius 2 is 1.88 bits per heavy atom. The molecular formula is C18H19N3O2S. The molecule has 1 aliphatic rings. The molecule has 1 aromatic heterocycles. The largest absolute Gasteiger partial charge is 0.295 e. The Morgan fingerprint density at radius 3 is 2.54 bits per heavy atom. The Kier molecular flexibility index (Phi) is 4.93. The van der Waals surface area contributed by atoms with Crippen LogP contribution in [-0.2, 0) is 9.84 Å². The minimum Gasteiger partial charge on any atom is -0.295 e. The Morgan fingerprint density at radius 1 is 1.17 bits per heavy atom. The highest BCUT2D eigenvalue weighted by Gasteiger charge is 2.27. The number of aromatic nitrogens is 1. The first-order valence-electron chi connectivity index (χ1n) is 7.97. The van der Waals surface area contributed by atoms with Crippen molar-refractivity contribution in [2.75, 3.05) is 18.8 Å². The van der Waals surface area contributed by atoms with E-state index in [0.717, 1.165) is 19.4 Å². The first kappa shape index (κ1) is 16.6. The fraction of sp³-hybridized carbons (Fsp3) is 0.333. The number of rotatable bonds is 5. The summed E-state index contributed by atoms with van der Waals surface area (Å²) in [5.41, 5.74) is 1.66. The zero-order chi connectivity index (χ0) is 17.0. The molecule has 1 saturated heterocycles. The number of benzene rings is 1. The van der Waals surface area contributed by atoms with E-state index in [-0.39, 0.29) is 16.7 Å². The smallest absolute Gasteiger partial charge is 0.179 e. The molecule has 0 amide bonds. The lowest BCUT2D eigenvalue weighted by atomic mass is 10.1. The van der Waals surface area contributed by atoms with Gasteiger partial charge in [-0.1, -0.05) is 0 Å². The van der Waals surface area contributed by atoms with E-state index in [1.807, 2.05) is 18.2 Å². The molecule has 3 rings (SSSR count). The summed E-state index contributed by atoms with van der Waals surface area (Å²) in [6, 6.07) is 12.4. The molecule has 1 aromatic carbocycles. The van der Waals surface area contributed by atoms with E-state index < -0.39 is 9.84 Å². The minimum atomic E-state index is -3.34. The fourth-order valence-electron chi connectivity index (χ4n) is 3.15. The first-order valence-corrected chi connectivity index (χ1v) is 9.62. The molecule has 0 aliphatic carbocycles. The van der Waals surface area contributed by atoms with Gasteiger partial charge in [-0.3, -0.25) is 9.88 Å². The standard InChI is InChI=1S/C18H19N3O2S/c19-14-15-3-5-17(6-4-15)24(22,23)13-12-21-11-1-2-18(21)16-7-9-20-10-8-16/h3-10,18H,1-2,11-13H2/t18-/m1/s1. The van der Waals surface area contributed by atoms with Crippen molar-refractivity contribution in [3.8, 4) is 6.07 Å². The van der Waals surface area contributed by atoms with Gasteiger partial charge in [0.2, 0.25) is 0 Å². The lowest BCUT2D eigenvalue weighted by Gasteiger charge is -2.24. The summed E-state index contributed by atoms with van der Waals surface area (Å²) in [6.45, 7) is 1.42. The highest BCUT2D eigenvalue weighted by Crippen LogP contribution is 2.31. The molecule has 1 aliphatic heterocycles. The van der Waals surface area contributed by atoms with E-state index in [9.17, 15) is 8.42 Å². The third-order valence-electron chi connectivity index (χ3n) is 4.44. The second-order valence-corrected chi connectivity index (χ2v) is 8.04. The SMILES string of the molecule is N#Cc1ccc(S(=O)(=O)CCN2CCC[C@@H]2c2ccncc2)cc1. The molecule has 1 atom stereocenters. The number of sulfone groups is 1. The van der Waals surface area contributed by atoms with Crippen LogP contribution in [0.5, 0.6) is 0 Å². The van der Waals surface area contributed by atoms with Crippen molar-refractivity contribution >= 4 is 9.84 Å². The van der Waals surface area contributed by atoms with E-state index in [4.69, 9.17) is 5.26 Å². The van der Waals surface area contributed by atoms with E-state index >= 15 is 0 Å². The van der Waals surface area contributed by atoms with Gasteiger partial charge in [0.05, 0.1) is 22.3 Å². The van der Waals surface area contributed by atoms with Gasteiger partial charge in [0.15, 0.2) is 9.84 Å². The summed E-state index contributed by atoms with van der Waals surface area (Å²) in [7, 11) is -3.34. The monoisotopic (exact) mass is 341 g/mol. The number of pyridine rings is 1. The normalized spacial score (nSPS) is 18.4. The van der Waals surface area contributed by atoms with Crippen LogP contribution in [0.25, 0.3) is 0 Å². The Balaban J connectivity index is 1.68. The second-order valence-electron chi connectivity index (χ2n) is 5.93. The van der Waals surface area contributed by atoms with E-state index in [1.165, 1.54) is 17.7 Å². The van der Waals surface area contributed by atoms with Gasteiger partial charge in [0.25, 0.3) is 0 Å². The highest BCUT2D eigenvalue weighted by atomic mass is 32.2. The topological polar surface area (TPSA) is 74.1 Å². The molecule has 24 heavy (non-hydrogen) atoms.